The van der Waals surface area contributed by atoms with Crippen LogP contribution in [0, 0.1) is 40.9 Å². The number of hydrogen-bond acceptors (Lipinski definition) is 4. The van der Waals surface area contributed by atoms with E-state index in [-0.39, 0.29) is 28.9 Å². The number of carbonyl (C=O) groups is 2. The Hall–Kier alpha value is -1.76. The summed E-state index contributed by atoms with van der Waals surface area (Å²) in [5, 5.41) is 0. The van der Waals surface area contributed by atoms with Crippen molar-refractivity contribution in [1.82, 2.24) is 0 Å². The molecule has 0 aromatic rings. The highest BCUT2D eigenvalue weighted by atomic mass is 16.6. The lowest BCUT2D eigenvalue weighted by Crippen LogP contribution is -2.55. The van der Waals surface area contributed by atoms with Crippen molar-refractivity contribution in [1.29, 1.82) is 0 Å². The Kier molecular flexibility index (Phi) is 4.88. The zero-order valence-corrected chi connectivity index (χ0v) is 18.3. The maximum atomic E-state index is 11.8. The molecule has 0 radical (unpaired) electrons. The first-order chi connectivity index (χ1) is 13.6. The summed E-state index contributed by atoms with van der Waals surface area (Å²) in [5.74, 6) is 4.17. The predicted molar refractivity (Wildman–Crippen MR) is 111 cm³/mol. The van der Waals surface area contributed by atoms with E-state index in [0.29, 0.717) is 17.8 Å². The van der Waals surface area contributed by atoms with Crippen LogP contribution in [0.15, 0.2) is 11.6 Å². The third kappa shape index (κ3) is 2.95. The van der Waals surface area contributed by atoms with Crippen molar-refractivity contribution in [3.8, 4) is 12.3 Å². The Labute approximate surface area is 174 Å². The number of hydrogen-bond donors (Lipinski definition) is 0. The fourth-order valence-corrected chi connectivity index (χ4v) is 7.64. The topological polar surface area (TPSA) is 52.6 Å². The molecule has 4 aliphatic rings. The molecule has 4 rings (SSSR count). The third-order valence-corrected chi connectivity index (χ3v) is 9.06. The predicted octanol–water partition coefficient (Wildman–Crippen LogP) is 4.82. The van der Waals surface area contributed by atoms with Crippen LogP contribution in [0.25, 0.3) is 0 Å². The van der Waals surface area contributed by atoms with Crippen molar-refractivity contribution in [3.63, 3.8) is 0 Å². The van der Waals surface area contributed by atoms with E-state index < -0.39 is 5.60 Å². The number of terminal acetylenes is 1. The molecule has 4 aliphatic carbocycles. The van der Waals surface area contributed by atoms with Crippen LogP contribution in [0.3, 0.4) is 0 Å². The van der Waals surface area contributed by atoms with Gasteiger partial charge in [-0.2, -0.15) is 0 Å². The molecule has 29 heavy (non-hydrogen) atoms. The molecular weight excluding hydrogens is 364 g/mol. The number of allylic oxidation sites excluding steroid dienone is 1. The molecule has 0 aliphatic heterocycles. The normalized spacial score (nSPS) is 45.7. The molecule has 0 amide bonds. The van der Waals surface area contributed by atoms with E-state index in [0.717, 1.165) is 51.4 Å². The zero-order chi connectivity index (χ0) is 21.0. The Morgan fingerprint density at radius 1 is 1.07 bits per heavy atom. The van der Waals surface area contributed by atoms with Gasteiger partial charge in [0.1, 0.15) is 6.10 Å². The lowest BCUT2D eigenvalue weighted by Gasteiger charge is -2.58. The molecule has 0 aromatic carbocycles. The number of fused-ring (bicyclic) bond motifs is 5. The van der Waals surface area contributed by atoms with Crippen LogP contribution in [0.5, 0.6) is 0 Å². The van der Waals surface area contributed by atoms with Gasteiger partial charge in [-0.25, -0.2) is 0 Å². The van der Waals surface area contributed by atoms with Crippen LogP contribution in [0.2, 0.25) is 0 Å². The van der Waals surface area contributed by atoms with E-state index in [2.05, 4.69) is 25.8 Å². The van der Waals surface area contributed by atoms with E-state index in [1.165, 1.54) is 19.4 Å². The highest BCUT2D eigenvalue weighted by Crippen LogP contribution is 2.67. The van der Waals surface area contributed by atoms with Gasteiger partial charge in [-0.05, 0) is 68.1 Å². The number of rotatable bonds is 2. The molecule has 4 heteroatoms. The van der Waals surface area contributed by atoms with Crippen LogP contribution >= 0.6 is 0 Å². The standard InChI is InChI=1S/C25H34O4/c1-6-25(29-17(3)27)14-11-22-20-8-7-18-15-19(28-16(2)26)9-12-23(18,4)21(20)10-13-24(22,25)5/h1,7,19-22H,8-15H2,2-5H3/t19-,20+,21-,22+,23-,24+,25-/m1/s1. The lowest BCUT2D eigenvalue weighted by molar-refractivity contribution is -0.168. The summed E-state index contributed by atoms with van der Waals surface area (Å²) < 4.78 is 11.4. The summed E-state index contributed by atoms with van der Waals surface area (Å²) >= 11 is 0. The van der Waals surface area contributed by atoms with Gasteiger partial charge < -0.3 is 9.47 Å². The Morgan fingerprint density at radius 3 is 2.45 bits per heavy atom. The van der Waals surface area contributed by atoms with Crippen molar-refractivity contribution >= 4 is 11.9 Å². The monoisotopic (exact) mass is 398 g/mol. The Morgan fingerprint density at radius 2 is 1.79 bits per heavy atom. The van der Waals surface area contributed by atoms with Crippen LogP contribution < -0.4 is 0 Å². The van der Waals surface area contributed by atoms with Crippen LogP contribution in [-0.4, -0.2) is 23.6 Å². The summed E-state index contributed by atoms with van der Waals surface area (Å²) in [6.45, 7) is 7.67. The van der Waals surface area contributed by atoms with E-state index >= 15 is 0 Å². The first kappa shape index (κ1) is 20.5. The lowest BCUT2D eigenvalue weighted by atomic mass is 9.47. The molecule has 7 atom stereocenters. The fraction of sp³-hybridized carbons (Fsp3) is 0.760. The minimum Gasteiger partial charge on any atom is -0.462 e. The summed E-state index contributed by atoms with van der Waals surface area (Å²) in [6.07, 6.45) is 16.3. The minimum atomic E-state index is -0.758. The quantitative estimate of drug-likeness (QED) is 0.380. The molecule has 3 fully saturated rings. The van der Waals surface area contributed by atoms with Gasteiger partial charge in [-0.3, -0.25) is 9.59 Å². The van der Waals surface area contributed by atoms with Gasteiger partial charge in [-0.1, -0.05) is 31.4 Å². The highest BCUT2D eigenvalue weighted by molar-refractivity contribution is 5.67. The van der Waals surface area contributed by atoms with Gasteiger partial charge in [0.05, 0.1) is 0 Å². The molecule has 0 heterocycles. The first-order valence-corrected chi connectivity index (χ1v) is 11.2. The van der Waals surface area contributed by atoms with Gasteiger partial charge >= 0.3 is 11.9 Å². The van der Waals surface area contributed by atoms with Crippen LogP contribution in [0.4, 0.5) is 0 Å². The second kappa shape index (κ2) is 6.89. The van der Waals surface area contributed by atoms with Gasteiger partial charge in [0, 0.05) is 25.7 Å². The Bertz CT molecular complexity index is 791. The van der Waals surface area contributed by atoms with Crippen molar-refractivity contribution in [3.05, 3.63) is 11.6 Å². The average Bonchev–Trinajstić information content (AvgIpc) is 2.94. The molecule has 4 nitrogen and oxygen atoms in total. The largest absolute Gasteiger partial charge is 0.462 e. The van der Waals surface area contributed by atoms with Gasteiger partial charge in [0.2, 0.25) is 0 Å². The van der Waals surface area contributed by atoms with Crippen molar-refractivity contribution < 1.29 is 19.1 Å². The summed E-state index contributed by atoms with van der Waals surface area (Å²) in [6, 6.07) is 0. The average molecular weight is 399 g/mol. The smallest absolute Gasteiger partial charge is 0.304 e. The van der Waals surface area contributed by atoms with Crippen LogP contribution in [-0.2, 0) is 19.1 Å². The Balaban J connectivity index is 1.61. The molecule has 0 N–H and O–H groups in total. The van der Waals surface area contributed by atoms with Gasteiger partial charge in [-0.15, -0.1) is 6.42 Å². The SMILES string of the molecule is C#C[C@@]1(OC(C)=O)CC[C@H]2[C@H]3CC=C4C[C@H](OC(C)=O)CC[C@@]4(C)[C@@H]3CC[C@@]21C. The molecular formula is C25H34O4. The van der Waals surface area contributed by atoms with Crippen molar-refractivity contribution in [2.75, 3.05) is 0 Å². The number of ether oxygens (including phenoxy) is 2. The third-order valence-electron chi connectivity index (χ3n) is 9.06. The molecule has 0 saturated heterocycles. The fourth-order valence-electron chi connectivity index (χ4n) is 7.64. The molecule has 0 spiro atoms. The molecule has 0 aromatic heterocycles. The van der Waals surface area contributed by atoms with E-state index in [1.807, 2.05) is 0 Å². The van der Waals surface area contributed by atoms with E-state index in [1.54, 1.807) is 0 Å². The van der Waals surface area contributed by atoms with Gasteiger partial charge in [0.25, 0.3) is 0 Å². The maximum Gasteiger partial charge on any atom is 0.304 e. The van der Waals surface area contributed by atoms with E-state index in [9.17, 15) is 9.59 Å². The highest BCUT2D eigenvalue weighted by Gasteiger charge is 2.65. The molecule has 0 unspecified atom stereocenters. The maximum absolute atomic E-state index is 11.8. The minimum absolute atomic E-state index is 0.0294. The van der Waals surface area contributed by atoms with Gasteiger partial charge in [0.15, 0.2) is 5.60 Å². The second-order valence-corrected chi connectivity index (χ2v) is 10.3. The number of carbonyl (C=O) groups excluding carboxylic acids is 2. The summed E-state index contributed by atoms with van der Waals surface area (Å²) in [7, 11) is 0. The molecule has 3 saturated carbocycles. The second-order valence-electron chi connectivity index (χ2n) is 10.3. The number of esters is 2. The molecule has 158 valence electrons. The van der Waals surface area contributed by atoms with Crippen molar-refractivity contribution in [2.45, 2.75) is 90.8 Å². The summed E-state index contributed by atoms with van der Waals surface area (Å²) in [4.78, 5) is 23.3. The summed E-state index contributed by atoms with van der Waals surface area (Å²) in [5.41, 5.74) is 0.766. The van der Waals surface area contributed by atoms with Crippen molar-refractivity contribution in [2.24, 2.45) is 28.6 Å². The van der Waals surface area contributed by atoms with Crippen LogP contribution in [0.1, 0.15) is 79.1 Å². The first-order valence-electron chi connectivity index (χ1n) is 11.2. The van der Waals surface area contributed by atoms with E-state index in [4.69, 9.17) is 15.9 Å². The molecule has 0 bridgehead atoms. The zero-order valence-electron chi connectivity index (χ0n) is 18.3.